The summed E-state index contributed by atoms with van der Waals surface area (Å²) in [5.41, 5.74) is 4.11. The number of nitro groups is 1. The van der Waals surface area contributed by atoms with Gasteiger partial charge in [0.05, 0.1) is 17.4 Å². The number of nitro benzene ring substituents is 1. The number of hydrogen-bond acceptors (Lipinski definition) is 5. The molecule has 0 saturated heterocycles. The number of aliphatic carboxylic acids is 1. The average molecular weight is 467 g/mol. The van der Waals surface area contributed by atoms with Gasteiger partial charge in [-0.15, -0.1) is 0 Å². The molecule has 168 valence electrons. The lowest BCUT2D eigenvalue weighted by atomic mass is 9.98. The summed E-state index contributed by atoms with van der Waals surface area (Å²) >= 11 is 5.84. The Hall–Kier alpha value is -3.91. The van der Waals surface area contributed by atoms with Crippen molar-refractivity contribution >= 4 is 29.4 Å². The van der Waals surface area contributed by atoms with Crippen molar-refractivity contribution in [2.24, 2.45) is 0 Å². The number of ether oxygens (including phenoxy) is 1. The van der Waals surface area contributed by atoms with E-state index >= 15 is 0 Å². The number of hydrogen-bond donors (Lipinski definition) is 2. The molecule has 0 radical (unpaired) electrons. The van der Waals surface area contributed by atoms with Crippen LogP contribution in [0.2, 0.25) is 5.02 Å². The Morgan fingerprint density at radius 2 is 1.67 bits per heavy atom. The molecule has 0 aliphatic heterocycles. The number of carbonyl (C=O) groups excluding carboxylic acids is 1. The van der Waals surface area contributed by atoms with Gasteiger partial charge in [-0.2, -0.15) is 0 Å². The first kappa shape index (κ1) is 22.3. The Labute approximate surface area is 193 Å². The van der Waals surface area contributed by atoms with Gasteiger partial charge in [0.2, 0.25) is 0 Å². The fourth-order valence-corrected chi connectivity index (χ4v) is 4.28. The van der Waals surface area contributed by atoms with Crippen LogP contribution in [0.15, 0.2) is 66.7 Å². The summed E-state index contributed by atoms with van der Waals surface area (Å²) in [6.07, 6.45) is -1.30. The number of nitrogens with one attached hydrogen (secondary N) is 1. The first-order valence-corrected chi connectivity index (χ1v) is 10.5. The molecule has 2 N–H and O–H groups in total. The van der Waals surface area contributed by atoms with Crippen LogP contribution < -0.4 is 5.32 Å². The minimum absolute atomic E-state index is 0.0560. The normalized spacial score (nSPS) is 13.0. The van der Waals surface area contributed by atoms with Crippen molar-refractivity contribution in [3.8, 4) is 11.1 Å². The molecule has 1 amide bonds. The van der Waals surface area contributed by atoms with Gasteiger partial charge in [-0.1, -0.05) is 66.2 Å². The predicted molar refractivity (Wildman–Crippen MR) is 121 cm³/mol. The van der Waals surface area contributed by atoms with E-state index in [1.165, 1.54) is 12.1 Å². The van der Waals surface area contributed by atoms with Gasteiger partial charge in [-0.25, -0.2) is 4.79 Å². The van der Waals surface area contributed by atoms with E-state index in [2.05, 4.69) is 5.32 Å². The van der Waals surface area contributed by atoms with Crippen molar-refractivity contribution in [2.45, 2.75) is 18.4 Å². The SMILES string of the molecule is O=C(O)C[C@@H](NC(=O)OCC1c2ccccc2-c2ccccc21)c1ccc(Cl)c([N+](=O)[O-])c1. The minimum Gasteiger partial charge on any atom is -0.481 e. The number of carboxylic acids is 1. The molecule has 0 spiro atoms. The Morgan fingerprint density at radius 3 is 2.24 bits per heavy atom. The summed E-state index contributed by atoms with van der Waals surface area (Å²) in [6.45, 7) is 0.0560. The molecule has 8 nitrogen and oxygen atoms in total. The van der Waals surface area contributed by atoms with Gasteiger partial charge < -0.3 is 15.2 Å². The second kappa shape index (κ2) is 9.30. The lowest BCUT2D eigenvalue weighted by Crippen LogP contribution is -2.31. The average Bonchev–Trinajstić information content (AvgIpc) is 3.11. The molecule has 0 fully saturated rings. The zero-order chi connectivity index (χ0) is 23.5. The van der Waals surface area contributed by atoms with Crippen LogP contribution >= 0.6 is 11.6 Å². The quantitative estimate of drug-likeness (QED) is 0.360. The van der Waals surface area contributed by atoms with E-state index in [-0.39, 0.29) is 28.8 Å². The summed E-state index contributed by atoms with van der Waals surface area (Å²) in [5, 5.41) is 22.9. The lowest BCUT2D eigenvalue weighted by molar-refractivity contribution is -0.384. The maximum absolute atomic E-state index is 12.6. The highest BCUT2D eigenvalue weighted by molar-refractivity contribution is 6.32. The Morgan fingerprint density at radius 1 is 1.06 bits per heavy atom. The highest BCUT2D eigenvalue weighted by Gasteiger charge is 2.29. The molecule has 1 aliphatic rings. The molecule has 0 aromatic heterocycles. The third-order valence-corrected chi connectivity index (χ3v) is 5.90. The molecule has 3 aromatic carbocycles. The number of nitrogens with zero attached hydrogens (tertiary/aromatic N) is 1. The predicted octanol–water partition coefficient (Wildman–Crippen LogP) is 5.30. The first-order chi connectivity index (χ1) is 15.8. The third-order valence-electron chi connectivity index (χ3n) is 5.58. The number of fused-ring (bicyclic) bond motifs is 3. The molecule has 33 heavy (non-hydrogen) atoms. The molecule has 9 heteroatoms. The standard InChI is InChI=1S/C24H19ClN2O6/c25-20-10-9-14(11-22(20)27(31)32)21(12-23(28)29)26-24(30)33-13-19-17-7-3-1-5-15(17)16-6-2-4-8-18(16)19/h1-11,19,21H,12-13H2,(H,26,30)(H,28,29)/t21-/m1/s1. The van der Waals surface area contributed by atoms with Gasteiger partial charge >= 0.3 is 12.1 Å². The fourth-order valence-electron chi connectivity index (χ4n) is 4.10. The van der Waals surface area contributed by atoms with Crippen LogP contribution in [0.25, 0.3) is 11.1 Å². The van der Waals surface area contributed by atoms with E-state index in [0.717, 1.165) is 28.3 Å². The monoisotopic (exact) mass is 466 g/mol. The highest BCUT2D eigenvalue weighted by atomic mass is 35.5. The molecule has 0 unspecified atom stereocenters. The maximum Gasteiger partial charge on any atom is 0.407 e. The van der Waals surface area contributed by atoms with E-state index in [1.807, 2.05) is 48.5 Å². The van der Waals surface area contributed by atoms with Gasteiger partial charge in [0.15, 0.2) is 0 Å². The van der Waals surface area contributed by atoms with Crippen LogP contribution in [0.5, 0.6) is 0 Å². The number of halogens is 1. The van der Waals surface area contributed by atoms with Crippen molar-refractivity contribution in [2.75, 3.05) is 6.61 Å². The fraction of sp³-hybridized carbons (Fsp3) is 0.167. The van der Waals surface area contributed by atoms with Crippen molar-refractivity contribution < 1.29 is 24.4 Å². The van der Waals surface area contributed by atoms with Gasteiger partial charge in [0.25, 0.3) is 5.69 Å². The van der Waals surface area contributed by atoms with Crippen molar-refractivity contribution in [3.63, 3.8) is 0 Å². The van der Waals surface area contributed by atoms with Crippen LogP contribution in [0, 0.1) is 10.1 Å². The van der Waals surface area contributed by atoms with E-state index in [4.69, 9.17) is 16.3 Å². The minimum atomic E-state index is -1.18. The highest BCUT2D eigenvalue weighted by Crippen LogP contribution is 2.44. The molecule has 0 bridgehead atoms. The smallest absolute Gasteiger partial charge is 0.407 e. The number of rotatable bonds is 7. The van der Waals surface area contributed by atoms with E-state index < -0.39 is 29.4 Å². The second-order valence-electron chi connectivity index (χ2n) is 7.59. The number of benzene rings is 3. The van der Waals surface area contributed by atoms with E-state index in [0.29, 0.717) is 0 Å². The summed E-state index contributed by atoms with van der Waals surface area (Å²) in [6, 6.07) is 18.6. The van der Waals surface area contributed by atoms with Gasteiger partial charge in [0.1, 0.15) is 11.6 Å². The van der Waals surface area contributed by atoms with Gasteiger partial charge in [-0.05, 0) is 33.9 Å². The summed E-state index contributed by atoms with van der Waals surface area (Å²) in [4.78, 5) is 34.4. The number of amides is 1. The van der Waals surface area contributed by atoms with E-state index in [9.17, 15) is 24.8 Å². The van der Waals surface area contributed by atoms with Crippen LogP contribution in [0.3, 0.4) is 0 Å². The topological polar surface area (TPSA) is 119 Å². The van der Waals surface area contributed by atoms with Crippen molar-refractivity contribution in [1.29, 1.82) is 0 Å². The maximum atomic E-state index is 12.6. The largest absolute Gasteiger partial charge is 0.481 e. The summed E-state index contributed by atoms with van der Waals surface area (Å²) in [5.74, 6) is -1.34. The molecule has 3 aromatic rings. The zero-order valence-corrected chi connectivity index (χ0v) is 18.0. The molecule has 0 heterocycles. The molecule has 4 rings (SSSR count). The molecular formula is C24H19ClN2O6. The summed E-state index contributed by atoms with van der Waals surface area (Å²) in [7, 11) is 0. The zero-order valence-electron chi connectivity index (χ0n) is 17.2. The second-order valence-corrected chi connectivity index (χ2v) is 8.00. The molecule has 1 atom stereocenters. The Kier molecular flexibility index (Phi) is 6.28. The van der Waals surface area contributed by atoms with Gasteiger partial charge in [-0.3, -0.25) is 14.9 Å². The Balaban J connectivity index is 1.51. The molecule has 0 saturated carbocycles. The van der Waals surface area contributed by atoms with Gasteiger partial charge in [0, 0.05) is 12.0 Å². The van der Waals surface area contributed by atoms with Crippen LogP contribution in [-0.4, -0.2) is 28.7 Å². The Bertz CT molecular complexity index is 1200. The summed E-state index contributed by atoms with van der Waals surface area (Å²) < 4.78 is 5.47. The van der Waals surface area contributed by atoms with Crippen LogP contribution in [0.1, 0.15) is 35.1 Å². The van der Waals surface area contributed by atoms with Crippen molar-refractivity contribution in [3.05, 3.63) is 98.6 Å². The third kappa shape index (κ3) is 4.65. The van der Waals surface area contributed by atoms with Crippen LogP contribution in [0.4, 0.5) is 10.5 Å². The van der Waals surface area contributed by atoms with Crippen LogP contribution in [-0.2, 0) is 9.53 Å². The number of alkyl carbamates (subject to hydrolysis) is 1. The number of carbonyl (C=O) groups is 2. The molecule has 1 aliphatic carbocycles. The molecular weight excluding hydrogens is 448 g/mol. The van der Waals surface area contributed by atoms with Crippen molar-refractivity contribution in [1.82, 2.24) is 5.32 Å². The lowest BCUT2D eigenvalue weighted by Gasteiger charge is -2.19. The number of carboxylic acid groups (broad SMARTS) is 1. The first-order valence-electron chi connectivity index (χ1n) is 10.1. The van der Waals surface area contributed by atoms with E-state index in [1.54, 1.807) is 0 Å².